The highest BCUT2D eigenvalue weighted by Gasteiger charge is 2.20. The van der Waals surface area contributed by atoms with Crippen molar-refractivity contribution in [1.29, 1.82) is 0 Å². The van der Waals surface area contributed by atoms with Crippen LogP contribution in [0.3, 0.4) is 0 Å². The maximum atomic E-state index is 13.5. The van der Waals surface area contributed by atoms with E-state index >= 15 is 0 Å². The summed E-state index contributed by atoms with van der Waals surface area (Å²) in [7, 11) is -4.35. The smallest absolute Gasteiger partial charge is 0.269 e. The summed E-state index contributed by atoms with van der Waals surface area (Å²) in [4.78, 5) is 20.8. The first-order valence-corrected chi connectivity index (χ1v) is 8.16. The van der Waals surface area contributed by atoms with E-state index in [0.29, 0.717) is 6.07 Å². The molecule has 0 fully saturated rings. The van der Waals surface area contributed by atoms with Crippen molar-refractivity contribution in [3.8, 4) is 0 Å². The molecule has 25 heavy (non-hydrogen) atoms. The fourth-order valence-electron chi connectivity index (χ4n) is 1.80. The van der Waals surface area contributed by atoms with E-state index in [1.54, 1.807) is 0 Å². The predicted molar refractivity (Wildman–Crippen MR) is 83.3 cm³/mol. The van der Waals surface area contributed by atoms with Crippen LogP contribution >= 0.6 is 0 Å². The molecule has 0 bridgehead atoms. The third kappa shape index (κ3) is 4.78. The molecule has 1 amide bonds. The molecule has 0 heterocycles. The molecule has 0 aliphatic carbocycles. The maximum absolute atomic E-state index is 13.5. The minimum absolute atomic E-state index is 0.175. The number of halogens is 2. The summed E-state index contributed by atoms with van der Waals surface area (Å²) in [6, 6.07) is 6.77. The molecule has 8 nitrogen and oxygen atoms in total. The molecule has 0 aromatic heterocycles. The molecule has 0 radical (unpaired) electrons. The average molecular weight is 371 g/mol. The van der Waals surface area contributed by atoms with Crippen molar-refractivity contribution in [3.05, 3.63) is 64.2 Å². The quantitative estimate of drug-likeness (QED) is 0.593. The fourth-order valence-corrected chi connectivity index (χ4v) is 2.84. The van der Waals surface area contributed by atoms with Crippen LogP contribution in [-0.2, 0) is 14.8 Å². The van der Waals surface area contributed by atoms with Crippen molar-refractivity contribution in [2.45, 2.75) is 4.90 Å². The van der Waals surface area contributed by atoms with Crippen molar-refractivity contribution in [1.82, 2.24) is 4.72 Å². The Morgan fingerprint density at radius 1 is 1.12 bits per heavy atom. The van der Waals surface area contributed by atoms with Crippen molar-refractivity contribution in [3.63, 3.8) is 0 Å². The number of sulfonamides is 1. The molecule has 2 aromatic rings. The van der Waals surface area contributed by atoms with Gasteiger partial charge in [-0.05, 0) is 24.3 Å². The van der Waals surface area contributed by atoms with Crippen LogP contribution in [0, 0.1) is 21.7 Å². The van der Waals surface area contributed by atoms with Crippen LogP contribution in [0.2, 0.25) is 0 Å². The van der Waals surface area contributed by atoms with Crippen LogP contribution in [0.5, 0.6) is 0 Å². The lowest BCUT2D eigenvalue weighted by molar-refractivity contribution is -0.384. The lowest BCUT2D eigenvalue weighted by Crippen LogP contribution is -2.33. The predicted octanol–water partition coefficient (Wildman–Crippen LogP) is 1.79. The van der Waals surface area contributed by atoms with Gasteiger partial charge in [0.05, 0.1) is 11.5 Å². The first-order chi connectivity index (χ1) is 11.7. The second kappa shape index (κ2) is 7.32. The zero-order valence-electron chi connectivity index (χ0n) is 12.4. The lowest BCUT2D eigenvalue weighted by atomic mass is 10.3. The molecule has 11 heteroatoms. The molecular weight excluding hydrogens is 360 g/mol. The number of nitrogens with zero attached hydrogens (tertiary/aromatic N) is 1. The van der Waals surface area contributed by atoms with Gasteiger partial charge in [-0.3, -0.25) is 14.9 Å². The minimum Gasteiger partial charge on any atom is -0.325 e. The van der Waals surface area contributed by atoms with Gasteiger partial charge in [-0.2, -0.15) is 0 Å². The van der Waals surface area contributed by atoms with E-state index in [0.717, 1.165) is 24.3 Å². The van der Waals surface area contributed by atoms with Gasteiger partial charge in [0.25, 0.3) is 5.69 Å². The molecule has 2 aromatic carbocycles. The third-order valence-electron chi connectivity index (χ3n) is 2.97. The fraction of sp³-hybridized carbons (Fsp3) is 0.0714. The number of amides is 1. The monoisotopic (exact) mass is 371 g/mol. The number of non-ortho nitro benzene ring substituents is 1. The Balaban J connectivity index is 2.00. The SMILES string of the molecule is O=C(CNS(=O)(=O)c1ccc(F)cc1F)Nc1ccc([N+](=O)[O-])cc1. The zero-order chi connectivity index (χ0) is 18.6. The molecule has 0 saturated carbocycles. The molecular formula is C14H11F2N3O5S. The van der Waals surface area contributed by atoms with Gasteiger partial charge in [-0.15, -0.1) is 0 Å². The Bertz CT molecular complexity index is 917. The van der Waals surface area contributed by atoms with E-state index in [1.165, 1.54) is 12.1 Å². The number of hydrogen-bond donors (Lipinski definition) is 2. The van der Waals surface area contributed by atoms with E-state index in [-0.39, 0.29) is 11.4 Å². The Morgan fingerprint density at radius 2 is 1.76 bits per heavy atom. The summed E-state index contributed by atoms with van der Waals surface area (Å²) in [6.45, 7) is -0.712. The Labute approximate surface area is 140 Å². The van der Waals surface area contributed by atoms with E-state index in [1.807, 2.05) is 4.72 Å². The molecule has 0 atom stereocenters. The molecule has 2 rings (SSSR count). The Hall–Kier alpha value is -2.92. The van der Waals surface area contributed by atoms with Crippen LogP contribution in [-0.4, -0.2) is 25.8 Å². The van der Waals surface area contributed by atoms with Gasteiger partial charge in [-0.25, -0.2) is 21.9 Å². The van der Waals surface area contributed by atoms with Gasteiger partial charge in [0.1, 0.15) is 16.5 Å². The average Bonchev–Trinajstić information content (AvgIpc) is 2.53. The highest BCUT2D eigenvalue weighted by Crippen LogP contribution is 2.16. The highest BCUT2D eigenvalue weighted by molar-refractivity contribution is 7.89. The first-order valence-electron chi connectivity index (χ1n) is 6.68. The first kappa shape index (κ1) is 18.4. The molecule has 0 spiro atoms. The summed E-state index contributed by atoms with van der Waals surface area (Å²) < 4.78 is 52.0. The topological polar surface area (TPSA) is 118 Å². The molecule has 132 valence electrons. The molecule has 0 unspecified atom stereocenters. The van der Waals surface area contributed by atoms with Crippen LogP contribution in [0.1, 0.15) is 0 Å². The number of rotatable bonds is 6. The van der Waals surface area contributed by atoms with Crippen molar-refractivity contribution >= 4 is 27.3 Å². The van der Waals surface area contributed by atoms with E-state index in [2.05, 4.69) is 5.32 Å². The number of benzene rings is 2. The summed E-state index contributed by atoms with van der Waals surface area (Å²) in [6.07, 6.45) is 0. The van der Waals surface area contributed by atoms with Gasteiger partial charge in [-0.1, -0.05) is 0 Å². The van der Waals surface area contributed by atoms with Crippen molar-refractivity contribution in [2.24, 2.45) is 0 Å². The summed E-state index contributed by atoms with van der Waals surface area (Å²) in [5.74, 6) is -3.00. The highest BCUT2D eigenvalue weighted by atomic mass is 32.2. The minimum atomic E-state index is -4.35. The lowest BCUT2D eigenvalue weighted by Gasteiger charge is -2.08. The number of carbonyl (C=O) groups excluding carboxylic acids is 1. The standard InChI is InChI=1S/C14H11F2N3O5S/c15-9-1-6-13(12(16)7-9)25(23,24)17-8-14(20)18-10-2-4-11(5-3-10)19(21)22/h1-7,17H,8H2,(H,18,20). The van der Waals surface area contributed by atoms with Crippen molar-refractivity contribution in [2.75, 3.05) is 11.9 Å². The van der Waals surface area contributed by atoms with E-state index in [9.17, 15) is 32.1 Å². The summed E-state index contributed by atoms with van der Waals surface area (Å²) >= 11 is 0. The van der Waals surface area contributed by atoms with E-state index < -0.39 is 43.9 Å². The van der Waals surface area contributed by atoms with Gasteiger partial charge in [0.15, 0.2) is 0 Å². The summed E-state index contributed by atoms with van der Waals surface area (Å²) in [5, 5.41) is 12.8. The third-order valence-corrected chi connectivity index (χ3v) is 4.40. The second-order valence-corrected chi connectivity index (χ2v) is 6.49. The largest absolute Gasteiger partial charge is 0.325 e. The number of nitrogens with one attached hydrogen (secondary N) is 2. The number of nitro benzene ring substituents is 1. The number of anilines is 1. The molecule has 2 N–H and O–H groups in total. The zero-order valence-corrected chi connectivity index (χ0v) is 13.2. The normalized spacial score (nSPS) is 11.1. The Morgan fingerprint density at radius 3 is 2.32 bits per heavy atom. The second-order valence-electron chi connectivity index (χ2n) is 4.75. The maximum Gasteiger partial charge on any atom is 0.269 e. The Kier molecular flexibility index (Phi) is 5.39. The molecule has 0 aliphatic heterocycles. The number of nitro groups is 1. The number of hydrogen-bond acceptors (Lipinski definition) is 5. The van der Waals surface area contributed by atoms with Crippen LogP contribution in [0.15, 0.2) is 47.4 Å². The van der Waals surface area contributed by atoms with Crippen LogP contribution < -0.4 is 10.0 Å². The van der Waals surface area contributed by atoms with Crippen LogP contribution in [0.25, 0.3) is 0 Å². The van der Waals surface area contributed by atoms with Gasteiger partial charge >= 0.3 is 0 Å². The van der Waals surface area contributed by atoms with Gasteiger partial charge < -0.3 is 5.32 Å². The van der Waals surface area contributed by atoms with Crippen molar-refractivity contribution < 1.29 is 26.9 Å². The molecule has 0 saturated heterocycles. The summed E-state index contributed by atoms with van der Waals surface area (Å²) in [5.41, 5.74) is 0.0354. The van der Waals surface area contributed by atoms with Gasteiger partial charge in [0, 0.05) is 23.9 Å². The van der Waals surface area contributed by atoms with E-state index in [4.69, 9.17) is 0 Å². The molecule has 0 aliphatic rings. The van der Waals surface area contributed by atoms with Gasteiger partial charge in [0.2, 0.25) is 15.9 Å². The van der Waals surface area contributed by atoms with Crippen LogP contribution in [0.4, 0.5) is 20.2 Å². The number of carbonyl (C=O) groups is 1.